The lowest BCUT2D eigenvalue weighted by molar-refractivity contribution is -0.122. The molecule has 0 bridgehead atoms. The van der Waals surface area contributed by atoms with E-state index >= 15 is 0 Å². The topological polar surface area (TPSA) is 100 Å². The Morgan fingerprint density at radius 2 is 1.91 bits per heavy atom. The molecule has 1 N–H and O–H groups in total. The van der Waals surface area contributed by atoms with Gasteiger partial charge in [-0.2, -0.15) is 5.10 Å². The normalized spacial score (nSPS) is 13.7. The lowest BCUT2D eigenvalue weighted by Gasteiger charge is -2.21. The molecule has 5 rings (SSSR count). The Morgan fingerprint density at radius 3 is 2.72 bits per heavy atom. The molecule has 1 aliphatic heterocycles. The molecule has 0 spiro atoms. The number of benzene rings is 2. The maximum absolute atomic E-state index is 12.9. The molecule has 1 unspecified atom stereocenters. The van der Waals surface area contributed by atoms with Gasteiger partial charge in [0.1, 0.15) is 31.5 Å². The minimum absolute atomic E-state index is 0.146. The molecule has 162 valence electrons. The van der Waals surface area contributed by atoms with Crippen LogP contribution in [0.2, 0.25) is 0 Å². The van der Waals surface area contributed by atoms with Crippen molar-refractivity contribution in [2.24, 2.45) is 0 Å². The summed E-state index contributed by atoms with van der Waals surface area (Å²) in [5.41, 5.74) is 1.81. The van der Waals surface area contributed by atoms with Crippen molar-refractivity contribution >= 4 is 16.9 Å². The zero-order chi connectivity index (χ0) is 22.1. The molecule has 0 saturated heterocycles. The van der Waals surface area contributed by atoms with Gasteiger partial charge >= 0.3 is 0 Å². The quantitative estimate of drug-likeness (QED) is 0.520. The van der Waals surface area contributed by atoms with E-state index in [1.165, 1.54) is 17.1 Å². The number of nitrogens with one attached hydrogen (secondary N) is 1. The molecular formula is C23H21N5O4. The van der Waals surface area contributed by atoms with E-state index in [0.29, 0.717) is 35.7 Å². The number of fused-ring (bicyclic) bond motifs is 2. The molecule has 1 aliphatic rings. The van der Waals surface area contributed by atoms with Crippen molar-refractivity contribution in [2.45, 2.75) is 19.5 Å². The highest BCUT2D eigenvalue weighted by Crippen LogP contribution is 2.32. The average Bonchev–Trinajstić information content (AvgIpc) is 3.26. The molecule has 3 heterocycles. The number of ether oxygens (including phenoxy) is 2. The third kappa shape index (κ3) is 3.68. The minimum atomic E-state index is -0.320. The number of rotatable bonds is 5. The first-order valence-corrected chi connectivity index (χ1v) is 10.3. The number of amides is 1. The van der Waals surface area contributed by atoms with Crippen LogP contribution in [-0.4, -0.2) is 38.5 Å². The summed E-state index contributed by atoms with van der Waals surface area (Å²) in [6, 6.07) is 14.7. The zero-order valence-corrected chi connectivity index (χ0v) is 17.4. The molecule has 9 nitrogen and oxygen atoms in total. The molecule has 0 fully saturated rings. The van der Waals surface area contributed by atoms with Gasteiger partial charge in [0.25, 0.3) is 5.56 Å². The number of para-hydroxylation sites is 1. The smallest absolute Gasteiger partial charge is 0.264 e. The predicted octanol–water partition coefficient (Wildman–Crippen LogP) is 2.23. The number of aromatic nitrogens is 4. The number of carbonyl (C=O) groups excluding carboxylic acids is 1. The van der Waals surface area contributed by atoms with Crippen LogP contribution in [0.5, 0.6) is 11.5 Å². The zero-order valence-electron chi connectivity index (χ0n) is 17.4. The molecule has 0 radical (unpaired) electrons. The Bertz CT molecular complexity index is 1350. The lowest BCUT2D eigenvalue weighted by atomic mass is 10.1. The molecule has 0 saturated carbocycles. The van der Waals surface area contributed by atoms with Gasteiger partial charge in [-0.15, -0.1) is 0 Å². The van der Waals surface area contributed by atoms with Gasteiger partial charge in [-0.3, -0.25) is 14.2 Å². The van der Waals surface area contributed by atoms with Crippen molar-refractivity contribution in [1.82, 2.24) is 24.6 Å². The standard InChI is InChI=1S/C23H21N5O4/c1-15(16-7-8-19-20(11-16)32-10-9-31-19)26-21(29)13-27-14-24-22-18(23(27)30)12-25-28(22)17-5-3-2-4-6-17/h2-8,11-12,14-15H,9-10,13H2,1H3,(H,26,29). The highest BCUT2D eigenvalue weighted by molar-refractivity contribution is 5.78. The number of hydrogen-bond acceptors (Lipinski definition) is 6. The van der Waals surface area contributed by atoms with Crippen LogP contribution in [-0.2, 0) is 11.3 Å². The molecule has 2 aromatic carbocycles. The van der Waals surface area contributed by atoms with Crippen molar-refractivity contribution in [2.75, 3.05) is 13.2 Å². The lowest BCUT2D eigenvalue weighted by Crippen LogP contribution is -2.34. The molecule has 2 aromatic heterocycles. The molecule has 0 aliphatic carbocycles. The largest absolute Gasteiger partial charge is 0.486 e. The Labute approximate surface area is 183 Å². The Hall–Kier alpha value is -4.14. The monoisotopic (exact) mass is 431 g/mol. The predicted molar refractivity (Wildman–Crippen MR) is 117 cm³/mol. The van der Waals surface area contributed by atoms with Crippen molar-refractivity contribution in [3.63, 3.8) is 0 Å². The summed E-state index contributed by atoms with van der Waals surface area (Å²) in [6.45, 7) is 2.75. The van der Waals surface area contributed by atoms with Crippen LogP contribution in [0, 0.1) is 0 Å². The third-order valence-corrected chi connectivity index (χ3v) is 5.31. The first-order valence-electron chi connectivity index (χ1n) is 10.3. The first-order chi connectivity index (χ1) is 15.6. The molecule has 9 heteroatoms. The third-order valence-electron chi connectivity index (χ3n) is 5.31. The van der Waals surface area contributed by atoms with Crippen LogP contribution in [0.4, 0.5) is 0 Å². The molecular weight excluding hydrogens is 410 g/mol. The highest BCUT2D eigenvalue weighted by Gasteiger charge is 2.17. The Kier molecular flexibility index (Phi) is 5.06. The van der Waals surface area contributed by atoms with E-state index in [1.54, 1.807) is 4.68 Å². The second kappa shape index (κ2) is 8.18. The van der Waals surface area contributed by atoms with E-state index in [0.717, 1.165) is 11.3 Å². The van der Waals surface area contributed by atoms with E-state index < -0.39 is 0 Å². The fraction of sp³-hybridized carbons (Fsp3) is 0.217. The van der Waals surface area contributed by atoms with E-state index in [2.05, 4.69) is 15.4 Å². The number of carbonyl (C=O) groups is 1. The number of nitrogens with zero attached hydrogens (tertiary/aromatic N) is 4. The first kappa shape index (κ1) is 19.8. The van der Waals surface area contributed by atoms with Crippen LogP contribution >= 0.6 is 0 Å². The van der Waals surface area contributed by atoms with Gasteiger partial charge in [-0.1, -0.05) is 24.3 Å². The fourth-order valence-corrected chi connectivity index (χ4v) is 3.67. The minimum Gasteiger partial charge on any atom is -0.486 e. The van der Waals surface area contributed by atoms with Gasteiger partial charge in [-0.05, 0) is 36.8 Å². The Morgan fingerprint density at radius 1 is 1.12 bits per heavy atom. The highest BCUT2D eigenvalue weighted by atomic mass is 16.6. The molecule has 32 heavy (non-hydrogen) atoms. The van der Waals surface area contributed by atoms with Gasteiger partial charge in [0.2, 0.25) is 5.91 Å². The summed E-state index contributed by atoms with van der Waals surface area (Å²) in [5.74, 6) is 1.06. The van der Waals surface area contributed by atoms with Crippen molar-refractivity contribution in [3.05, 3.63) is 77.0 Å². The maximum Gasteiger partial charge on any atom is 0.264 e. The number of hydrogen-bond donors (Lipinski definition) is 1. The SMILES string of the molecule is CC(NC(=O)Cn1cnc2c(cnn2-c2ccccc2)c1=O)c1ccc2c(c1)OCCO2. The van der Waals surface area contributed by atoms with Crippen LogP contribution in [0.15, 0.2) is 65.8 Å². The molecule has 1 atom stereocenters. The van der Waals surface area contributed by atoms with Gasteiger partial charge < -0.3 is 14.8 Å². The van der Waals surface area contributed by atoms with Crippen molar-refractivity contribution in [3.8, 4) is 17.2 Å². The van der Waals surface area contributed by atoms with E-state index in [4.69, 9.17) is 9.47 Å². The summed E-state index contributed by atoms with van der Waals surface area (Å²) in [7, 11) is 0. The second-order valence-corrected chi connectivity index (χ2v) is 7.50. The van der Waals surface area contributed by atoms with Gasteiger partial charge in [-0.25, -0.2) is 9.67 Å². The van der Waals surface area contributed by atoms with Crippen LogP contribution < -0.4 is 20.3 Å². The summed E-state index contributed by atoms with van der Waals surface area (Å²) in [6.07, 6.45) is 2.85. The summed E-state index contributed by atoms with van der Waals surface area (Å²) < 4.78 is 14.0. The fourth-order valence-electron chi connectivity index (χ4n) is 3.67. The molecule has 4 aromatic rings. The van der Waals surface area contributed by atoms with E-state index in [1.807, 2.05) is 55.5 Å². The van der Waals surface area contributed by atoms with Gasteiger partial charge in [0.05, 0.1) is 17.9 Å². The van der Waals surface area contributed by atoms with E-state index in [-0.39, 0.29) is 24.1 Å². The van der Waals surface area contributed by atoms with Crippen molar-refractivity contribution in [1.29, 1.82) is 0 Å². The average molecular weight is 431 g/mol. The van der Waals surface area contributed by atoms with E-state index in [9.17, 15) is 9.59 Å². The van der Waals surface area contributed by atoms with Gasteiger partial charge in [0.15, 0.2) is 17.1 Å². The van der Waals surface area contributed by atoms with Crippen LogP contribution in [0.25, 0.3) is 16.7 Å². The van der Waals surface area contributed by atoms with Gasteiger partial charge in [0, 0.05) is 0 Å². The maximum atomic E-state index is 12.9. The Balaban J connectivity index is 1.32. The van der Waals surface area contributed by atoms with Crippen LogP contribution in [0.1, 0.15) is 18.5 Å². The summed E-state index contributed by atoms with van der Waals surface area (Å²) >= 11 is 0. The van der Waals surface area contributed by atoms with Crippen molar-refractivity contribution < 1.29 is 14.3 Å². The summed E-state index contributed by atoms with van der Waals surface area (Å²) in [5, 5.41) is 7.55. The summed E-state index contributed by atoms with van der Waals surface area (Å²) in [4.78, 5) is 29.9. The van der Waals surface area contributed by atoms with Crippen LogP contribution in [0.3, 0.4) is 0 Å². The second-order valence-electron chi connectivity index (χ2n) is 7.50. The molecule has 1 amide bonds.